The van der Waals surface area contributed by atoms with Crippen molar-refractivity contribution in [1.82, 2.24) is 4.98 Å². The van der Waals surface area contributed by atoms with E-state index in [9.17, 15) is 5.11 Å². The molecule has 0 bridgehead atoms. The maximum atomic E-state index is 12.0. The van der Waals surface area contributed by atoms with E-state index in [0.29, 0.717) is 0 Å². The molecule has 1 aliphatic carbocycles. The molecule has 0 fully saturated rings. The first kappa shape index (κ1) is 30.8. The number of pyridine rings is 1. The van der Waals surface area contributed by atoms with Crippen LogP contribution >= 0.6 is 0 Å². The molecule has 1 aromatic heterocycles. The van der Waals surface area contributed by atoms with Gasteiger partial charge < -0.3 is 9.53 Å². The van der Waals surface area contributed by atoms with Gasteiger partial charge in [0.1, 0.15) is 6.10 Å². The molecule has 38 heavy (non-hydrogen) atoms. The van der Waals surface area contributed by atoms with Gasteiger partial charge in [-0.15, -0.1) is 0 Å². The summed E-state index contributed by atoms with van der Waals surface area (Å²) in [6.45, 7) is 33.7. The Labute approximate surface area is 234 Å². The molecule has 4 heteroatoms. The van der Waals surface area contributed by atoms with Gasteiger partial charge in [0, 0.05) is 22.5 Å². The van der Waals surface area contributed by atoms with E-state index in [4.69, 9.17) is 9.41 Å². The van der Waals surface area contributed by atoms with Crippen LogP contribution in [0.5, 0.6) is 0 Å². The van der Waals surface area contributed by atoms with Crippen LogP contribution in [-0.2, 0) is 16.3 Å². The number of fused-ring (bicyclic) bond motifs is 1. The number of hydrogen-bond donors (Lipinski definition) is 1. The largest absolute Gasteiger partial charge is 0.410 e. The number of nitrogens with zero attached hydrogens (tertiary/aromatic N) is 1. The molecule has 0 radical (unpaired) electrons. The summed E-state index contributed by atoms with van der Waals surface area (Å²) >= 11 is 0. The lowest BCUT2D eigenvalue weighted by molar-refractivity contribution is 0.105. The fourth-order valence-corrected chi connectivity index (χ4v) is 6.70. The number of benzene rings is 1. The fraction of sp³-hybridized carbons (Fsp3) is 0.618. The van der Waals surface area contributed by atoms with Gasteiger partial charge in [0.05, 0.1) is 6.10 Å². The smallest absolute Gasteiger partial charge is 0.192 e. The first-order valence-electron chi connectivity index (χ1n) is 14.3. The predicted octanol–water partition coefficient (Wildman–Crippen LogP) is 9.65. The highest BCUT2D eigenvalue weighted by molar-refractivity contribution is 6.74. The number of aromatic nitrogens is 1. The Morgan fingerprint density at radius 2 is 1.63 bits per heavy atom. The lowest BCUT2D eigenvalue weighted by Gasteiger charge is -2.45. The second kappa shape index (κ2) is 10.3. The highest BCUT2D eigenvalue weighted by Gasteiger charge is 2.44. The van der Waals surface area contributed by atoms with Crippen LogP contribution in [0.3, 0.4) is 0 Å². The molecule has 210 valence electrons. The Bertz CT molecular complexity index is 1180. The van der Waals surface area contributed by atoms with Crippen LogP contribution in [0.1, 0.15) is 140 Å². The van der Waals surface area contributed by atoms with Crippen LogP contribution in [0.15, 0.2) is 30.8 Å². The summed E-state index contributed by atoms with van der Waals surface area (Å²) in [5.74, 6) is 0.168. The molecule has 1 aromatic carbocycles. The first-order valence-corrected chi connectivity index (χ1v) is 17.3. The average molecular weight is 536 g/mol. The van der Waals surface area contributed by atoms with E-state index in [0.717, 1.165) is 52.1 Å². The van der Waals surface area contributed by atoms with E-state index in [-0.39, 0.29) is 27.9 Å². The third-order valence-corrected chi connectivity index (χ3v) is 13.2. The molecular formula is C34H53NO2Si. The minimum atomic E-state index is -2.07. The molecule has 1 aliphatic rings. The van der Waals surface area contributed by atoms with Crippen LogP contribution in [0.25, 0.3) is 5.57 Å². The third kappa shape index (κ3) is 6.18. The van der Waals surface area contributed by atoms with Gasteiger partial charge >= 0.3 is 0 Å². The van der Waals surface area contributed by atoms with E-state index in [1.54, 1.807) is 0 Å². The van der Waals surface area contributed by atoms with Gasteiger partial charge in [0.25, 0.3) is 0 Å². The van der Waals surface area contributed by atoms with Crippen molar-refractivity contribution < 1.29 is 9.53 Å². The zero-order valence-electron chi connectivity index (χ0n) is 26.5. The van der Waals surface area contributed by atoms with Crippen molar-refractivity contribution in [3.8, 4) is 0 Å². The second-order valence-corrected chi connectivity index (χ2v) is 20.0. The quantitative estimate of drug-likeness (QED) is 0.374. The molecule has 1 N–H and O–H groups in total. The van der Waals surface area contributed by atoms with Gasteiger partial charge in [0.15, 0.2) is 8.32 Å². The number of hydrogen-bond acceptors (Lipinski definition) is 3. The molecule has 0 aliphatic heterocycles. The molecule has 2 atom stereocenters. The number of aliphatic hydroxyl groups excluding tert-OH is 1. The lowest BCUT2D eigenvalue weighted by Crippen LogP contribution is -2.44. The molecule has 3 rings (SSSR count). The maximum Gasteiger partial charge on any atom is 0.192 e. The van der Waals surface area contributed by atoms with Gasteiger partial charge in [-0.05, 0) is 71.3 Å². The van der Waals surface area contributed by atoms with E-state index in [2.05, 4.69) is 120 Å². The molecular weight excluding hydrogens is 482 g/mol. The van der Waals surface area contributed by atoms with E-state index < -0.39 is 14.4 Å². The summed E-state index contributed by atoms with van der Waals surface area (Å²) in [6, 6.07) is 8.44. The monoisotopic (exact) mass is 535 g/mol. The highest BCUT2D eigenvalue weighted by atomic mass is 28.4. The average Bonchev–Trinajstić information content (AvgIpc) is 2.74. The molecule has 0 saturated carbocycles. The summed E-state index contributed by atoms with van der Waals surface area (Å²) in [6.07, 6.45) is 0.987. The van der Waals surface area contributed by atoms with E-state index in [1.165, 1.54) is 5.56 Å². The van der Waals surface area contributed by atoms with E-state index in [1.807, 2.05) is 0 Å². The molecule has 3 nitrogen and oxygen atoms in total. The van der Waals surface area contributed by atoms with Crippen molar-refractivity contribution in [1.29, 1.82) is 0 Å². The van der Waals surface area contributed by atoms with Crippen LogP contribution in [-0.4, -0.2) is 18.4 Å². The van der Waals surface area contributed by atoms with Gasteiger partial charge in [0.2, 0.25) is 0 Å². The van der Waals surface area contributed by atoms with Crippen LogP contribution < -0.4 is 0 Å². The molecule has 0 amide bonds. The van der Waals surface area contributed by atoms with Crippen molar-refractivity contribution in [2.75, 3.05) is 0 Å². The predicted molar refractivity (Wildman–Crippen MR) is 165 cm³/mol. The minimum Gasteiger partial charge on any atom is -0.410 e. The first-order chi connectivity index (χ1) is 17.2. The number of rotatable bonds is 6. The standard InChI is InChI=1S/C34H53NO2Si/c1-21(2)27-28-25(19-34(11,12)20-26(28)37-38(13,14)33(8,9)10)35-30(22(3)4)29(27)31(36)23-15-17-24(18-16-23)32(5,6)7/h15-18,22,26,31,36H,1,19-20H2,2-14H3/t26-,31+/m0/s1. The topological polar surface area (TPSA) is 42.4 Å². The van der Waals surface area contributed by atoms with Gasteiger partial charge in [-0.2, -0.15) is 0 Å². The maximum absolute atomic E-state index is 12.0. The number of allylic oxidation sites excluding steroid dienone is 1. The molecule has 2 aromatic rings. The molecule has 0 saturated heterocycles. The minimum absolute atomic E-state index is 0.0595. The summed E-state index contributed by atoms with van der Waals surface area (Å²) < 4.78 is 7.17. The van der Waals surface area contributed by atoms with Crippen molar-refractivity contribution in [3.05, 3.63) is 70.0 Å². The molecule has 1 heterocycles. The van der Waals surface area contributed by atoms with Gasteiger partial charge in [-0.1, -0.05) is 106 Å². The van der Waals surface area contributed by atoms with Crippen LogP contribution in [0, 0.1) is 5.41 Å². The summed E-state index contributed by atoms with van der Waals surface area (Å²) in [5.41, 5.74) is 8.46. The van der Waals surface area contributed by atoms with Gasteiger partial charge in [-0.25, -0.2) is 0 Å². The summed E-state index contributed by atoms with van der Waals surface area (Å²) in [7, 11) is -2.07. The lowest BCUT2D eigenvalue weighted by atomic mass is 9.71. The Kier molecular flexibility index (Phi) is 8.37. The van der Waals surface area contributed by atoms with Crippen molar-refractivity contribution in [2.45, 2.75) is 131 Å². The van der Waals surface area contributed by atoms with Crippen molar-refractivity contribution >= 4 is 13.9 Å². The van der Waals surface area contributed by atoms with E-state index >= 15 is 0 Å². The molecule has 0 unspecified atom stereocenters. The Balaban J connectivity index is 2.30. The highest BCUT2D eigenvalue weighted by Crippen LogP contribution is 2.51. The zero-order chi connectivity index (χ0) is 29.0. The Morgan fingerprint density at radius 1 is 1.08 bits per heavy atom. The second-order valence-electron chi connectivity index (χ2n) is 15.3. The van der Waals surface area contributed by atoms with Crippen molar-refractivity contribution in [2.24, 2.45) is 5.41 Å². The van der Waals surface area contributed by atoms with Gasteiger partial charge in [-0.3, -0.25) is 4.98 Å². The van der Waals surface area contributed by atoms with Crippen molar-refractivity contribution in [3.63, 3.8) is 0 Å². The summed E-state index contributed by atoms with van der Waals surface area (Å²) in [4.78, 5) is 5.33. The zero-order valence-corrected chi connectivity index (χ0v) is 27.5. The Hall–Kier alpha value is -1.75. The third-order valence-electron chi connectivity index (χ3n) is 8.67. The van der Waals surface area contributed by atoms with Crippen LogP contribution in [0.4, 0.5) is 0 Å². The Morgan fingerprint density at radius 3 is 2.08 bits per heavy atom. The summed E-state index contributed by atoms with van der Waals surface area (Å²) in [5, 5.41) is 12.1. The SMILES string of the molecule is C=C(C)c1c([C@H](O)c2ccc(C(C)(C)C)cc2)c(C(C)C)nc2c1[C@@H](O[Si](C)(C)C(C)(C)C)CC(C)(C)C2. The fourth-order valence-electron chi connectivity index (χ4n) is 5.44. The van der Waals surface area contributed by atoms with Crippen LogP contribution in [0.2, 0.25) is 18.1 Å². The normalized spacial score (nSPS) is 18.9. The molecule has 0 spiro atoms. The number of aliphatic hydroxyl groups is 1.